The van der Waals surface area contributed by atoms with E-state index < -0.39 is 0 Å². The van der Waals surface area contributed by atoms with Crippen LogP contribution in [0.5, 0.6) is 0 Å². The van der Waals surface area contributed by atoms with Gasteiger partial charge in [0.25, 0.3) is 0 Å². The van der Waals surface area contributed by atoms with Crippen LogP contribution in [0.25, 0.3) is 27.8 Å². The van der Waals surface area contributed by atoms with Crippen LogP contribution in [0.1, 0.15) is 11.1 Å². The third-order valence-electron chi connectivity index (χ3n) is 5.31. The van der Waals surface area contributed by atoms with E-state index in [0.717, 1.165) is 16.5 Å². The van der Waals surface area contributed by atoms with Crippen LogP contribution in [0, 0.1) is 13.8 Å². The quantitative estimate of drug-likeness (QED) is 0.237. The molecule has 0 spiro atoms. The fourth-order valence-electron chi connectivity index (χ4n) is 3.91. The van der Waals surface area contributed by atoms with Crippen molar-refractivity contribution in [2.24, 2.45) is 0 Å². The Morgan fingerprint density at radius 2 is 1.76 bits per heavy atom. The number of nitrogens with one attached hydrogen (secondary N) is 1. The maximum atomic E-state index is 13.6. The SMILES string of the molecule is Cc1cc(C)cc(-n2c(SCC(=O)Nc3ccccc3Cl)nc3c(oc4ccccc43)c2=O)c1. The Bertz CT molecular complexity index is 1600. The van der Waals surface area contributed by atoms with Gasteiger partial charge in [0, 0.05) is 5.39 Å². The summed E-state index contributed by atoms with van der Waals surface area (Å²) in [7, 11) is 0. The van der Waals surface area contributed by atoms with E-state index in [4.69, 9.17) is 21.0 Å². The van der Waals surface area contributed by atoms with Crippen molar-refractivity contribution in [2.45, 2.75) is 19.0 Å². The number of halogens is 1. The third-order valence-corrected chi connectivity index (χ3v) is 6.58. The molecule has 0 aliphatic heterocycles. The molecule has 0 saturated heterocycles. The second kappa shape index (κ2) is 9.00. The van der Waals surface area contributed by atoms with Crippen LogP contribution in [0.15, 0.2) is 81.1 Å². The fourth-order valence-corrected chi connectivity index (χ4v) is 4.89. The van der Waals surface area contributed by atoms with Crippen LogP contribution in [-0.4, -0.2) is 21.2 Å². The number of rotatable bonds is 5. The standard InChI is InChI=1S/C26H20ClN3O3S/c1-15-11-16(2)13-17(12-15)30-25(32)24-23(18-7-3-6-10-21(18)33-24)29-26(30)34-14-22(31)28-20-9-5-4-8-19(20)27/h3-13H,14H2,1-2H3,(H,28,31). The third kappa shape index (κ3) is 4.20. The van der Waals surface area contributed by atoms with Gasteiger partial charge in [0.05, 0.1) is 22.2 Å². The maximum Gasteiger partial charge on any atom is 0.302 e. The largest absolute Gasteiger partial charge is 0.448 e. The van der Waals surface area contributed by atoms with Crippen molar-refractivity contribution < 1.29 is 9.21 Å². The summed E-state index contributed by atoms with van der Waals surface area (Å²) in [4.78, 5) is 31.1. The number of hydrogen-bond acceptors (Lipinski definition) is 5. The number of thioether (sulfide) groups is 1. The number of aromatic nitrogens is 2. The van der Waals surface area contributed by atoms with Gasteiger partial charge in [-0.15, -0.1) is 0 Å². The molecule has 34 heavy (non-hydrogen) atoms. The predicted octanol–water partition coefficient (Wildman–Crippen LogP) is 6.13. The lowest BCUT2D eigenvalue weighted by Crippen LogP contribution is -2.22. The molecular formula is C26H20ClN3O3S. The lowest BCUT2D eigenvalue weighted by molar-refractivity contribution is -0.113. The number of carbonyl (C=O) groups excluding carboxylic acids is 1. The van der Waals surface area contributed by atoms with Gasteiger partial charge in [0.1, 0.15) is 11.1 Å². The van der Waals surface area contributed by atoms with Crippen LogP contribution in [0.2, 0.25) is 5.02 Å². The van der Waals surface area contributed by atoms with Gasteiger partial charge in [-0.3, -0.25) is 14.2 Å². The number of benzene rings is 3. The molecule has 0 atom stereocenters. The number of hydrogen-bond donors (Lipinski definition) is 1. The number of nitrogens with zero attached hydrogens (tertiary/aromatic N) is 2. The minimum absolute atomic E-state index is 0.0454. The number of para-hydroxylation sites is 2. The first-order valence-electron chi connectivity index (χ1n) is 10.6. The molecule has 1 amide bonds. The zero-order chi connectivity index (χ0) is 23.8. The maximum absolute atomic E-state index is 13.6. The second-order valence-electron chi connectivity index (χ2n) is 7.97. The lowest BCUT2D eigenvalue weighted by Gasteiger charge is -2.13. The fraction of sp³-hybridized carbons (Fsp3) is 0.115. The zero-order valence-electron chi connectivity index (χ0n) is 18.5. The molecule has 0 aliphatic carbocycles. The van der Waals surface area contributed by atoms with Crippen LogP contribution >= 0.6 is 23.4 Å². The molecule has 0 radical (unpaired) electrons. The molecule has 0 bridgehead atoms. The van der Waals surface area contributed by atoms with Gasteiger partial charge in [-0.05, 0) is 61.4 Å². The number of anilines is 1. The molecule has 170 valence electrons. The van der Waals surface area contributed by atoms with Gasteiger partial charge < -0.3 is 9.73 Å². The normalized spacial score (nSPS) is 11.3. The topological polar surface area (TPSA) is 77.1 Å². The second-order valence-corrected chi connectivity index (χ2v) is 9.32. The van der Waals surface area contributed by atoms with Crippen molar-refractivity contribution in [3.8, 4) is 5.69 Å². The Morgan fingerprint density at radius 3 is 2.53 bits per heavy atom. The summed E-state index contributed by atoms with van der Waals surface area (Å²) in [5.74, 6) is -0.208. The first kappa shape index (κ1) is 22.3. The van der Waals surface area contributed by atoms with Crippen molar-refractivity contribution in [2.75, 3.05) is 11.1 Å². The average Bonchev–Trinajstić information content (AvgIpc) is 3.18. The van der Waals surface area contributed by atoms with Gasteiger partial charge in [-0.2, -0.15) is 0 Å². The van der Waals surface area contributed by atoms with Gasteiger partial charge >= 0.3 is 5.56 Å². The first-order chi connectivity index (χ1) is 16.4. The first-order valence-corrected chi connectivity index (χ1v) is 12.0. The summed E-state index contributed by atoms with van der Waals surface area (Å²) in [5, 5.41) is 4.42. The van der Waals surface area contributed by atoms with E-state index >= 15 is 0 Å². The Labute approximate surface area is 204 Å². The monoisotopic (exact) mass is 489 g/mol. The van der Waals surface area contributed by atoms with Crippen molar-refractivity contribution in [1.82, 2.24) is 9.55 Å². The number of carbonyl (C=O) groups is 1. The predicted molar refractivity (Wildman–Crippen MR) is 137 cm³/mol. The van der Waals surface area contributed by atoms with Gasteiger partial charge in [0.2, 0.25) is 11.5 Å². The lowest BCUT2D eigenvalue weighted by atomic mass is 10.1. The van der Waals surface area contributed by atoms with Crippen LogP contribution in [-0.2, 0) is 4.79 Å². The summed E-state index contributed by atoms with van der Waals surface area (Å²) >= 11 is 7.34. The zero-order valence-corrected chi connectivity index (χ0v) is 20.0. The van der Waals surface area contributed by atoms with E-state index in [-0.39, 0.29) is 22.8 Å². The Kier molecular flexibility index (Phi) is 5.89. The van der Waals surface area contributed by atoms with E-state index in [1.807, 2.05) is 56.3 Å². The Morgan fingerprint density at radius 1 is 1.06 bits per heavy atom. The molecule has 5 aromatic rings. The molecule has 0 aliphatic rings. The highest BCUT2D eigenvalue weighted by atomic mass is 35.5. The Hall–Kier alpha value is -3.55. The van der Waals surface area contributed by atoms with Gasteiger partial charge in [-0.1, -0.05) is 53.7 Å². The van der Waals surface area contributed by atoms with Crippen LogP contribution < -0.4 is 10.9 Å². The van der Waals surface area contributed by atoms with Gasteiger partial charge in [-0.25, -0.2) is 4.98 Å². The van der Waals surface area contributed by atoms with Crippen LogP contribution in [0.4, 0.5) is 5.69 Å². The van der Waals surface area contributed by atoms with Crippen molar-refractivity contribution in [3.05, 3.63) is 93.2 Å². The molecule has 5 rings (SSSR count). The van der Waals surface area contributed by atoms with E-state index in [0.29, 0.717) is 32.7 Å². The number of fused-ring (bicyclic) bond motifs is 3. The van der Waals surface area contributed by atoms with Crippen molar-refractivity contribution >= 4 is 57.0 Å². The highest BCUT2D eigenvalue weighted by Gasteiger charge is 2.20. The Balaban J connectivity index is 1.60. The van der Waals surface area contributed by atoms with E-state index in [1.165, 1.54) is 16.3 Å². The molecule has 1 N–H and O–H groups in total. The smallest absolute Gasteiger partial charge is 0.302 e. The summed E-state index contributed by atoms with van der Waals surface area (Å²) in [5.41, 5.74) is 4.17. The minimum Gasteiger partial charge on any atom is -0.448 e. The molecule has 6 nitrogen and oxygen atoms in total. The molecule has 0 saturated carbocycles. The van der Waals surface area contributed by atoms with E-state index in [9.17, 15) is 9.59 Å². The van der Waals surface area contributed by atoms with Crippen molar-refractivity contribution in [3.63, 3.8) is 0 Å². The molecule has 8 heteroatoms. The summed E-state index contributed by atoms with van der Waals surface area (Å²) in [6.07, 6.45) is 0. The van der Waals surface area contributed by atoms with Crippen molar-refractivity contribution in [1.29, 1.82) is 0 Å². The van der Waals surface area contributed by atoms with Crippen LogP contribution in [0.3, 0.4) is 0 Å². The number of aryl methyl sites for hydroxylation is 2. The number of amides is 1. The highest BCUT2D eigenvalue weighted by molar-refractivity contribution is 7.99. The summed E-state index contributed by atoms with van der Waals surface area (Å²) in [6.45, 7) is 3.94. The van der Waals surface area contributed by atoms with E-state index in [2.05, 4.69) is 5.32 Å². The molecule has 0 unspecified atom stereocenters. The molecule has 3 aromatic carbocycles. The van der Waals surface area contributed by atoms with E-state index in [1.54, 1.807) is 24.3 Å². The molecular weight excluding hydrogens is 470 g/mol. The summed E-state index contributed by atoms with van der Waals surface area (Å²) < 4.78 is 7.39. The van der Waals surface area contributed by atoms with Gasteiger partial charge in [0.15, 0.2) is 5.16 Å². The number of furan rings is 1. The minimum atomic E-state index is -0.319. The molecule has 0 fully saturated rings. The highest BCUT2D eigenvalue weighted by Crippen LogP contribution is 2.29. The molecule has 2 aromatic heterocycles. The molecule has 2 heterocycles. The average molecular weight is 490 g/mol. The summed E-state index contributed by atoms with van der Waals surface area (Å²) in [6, 6.07) is 20.3.